The summed E-state index contributed by atoms with van der Waals surface area (Å²) >= 11 is 0. The quantitative estimate of drug-likeness (QED) is 0.394. The minimum Gasteiger partial charge on any atom is -0.203 e. The Labute approximate surface area is 58.6 Å². The third-order valence-electron chi connectivity index (χ3n) is 0.793. The van der Waals surface area contributed by atoms with Gasteiger partial charge in [-0.2, -0.15) is 5.11 Å². The average molecular weight is 122 g/mol. The molecule has 4 heteroatoms. The smallest absolute Gasteiger partial charge is 0.116 e. The number of rotatable bonds is 4. The molecule has 0 saturated heterocycles. The zero-order chi connectivity index (χ0) is 7.11. The monoisotopic (exact) mass is 122 g/mol. The summed E-state index contributed by atoms with van der Waals surface area (Å²) in [6.07, 6.45) is 1.71. The molecule has 0 heterocycles. The lowest BCUT2D eigenvalue weighted by atomic mass is 9.35. The van der Waals surface area contributed by atoms with Gasteiger partial charge in [0.25, 0.3) is 0 Å². The van der Waals surface area contributed by atoms with Crippen molar-refractivity contribution in [3.63, 3.8) is 0 Å². The van der Waals surface area contributed by atoms with Gasteiger partial charge in [-0.3, -0.25) is 0 Å². The molecule has 0 unspecified atom stereocenters. The summed E-state index contributed by atoms with van der Waals surface area (Å²) in [5.74, 6) is 0. The maximum atomic E-state index is 5.42. The molecule has 0 aliphatic carbocycles. The van der Waals surface area contributed by atoms with E-state index in [1.165, 1.54) is 0 Å². The maximum Gasteiger partial charge on any atom is 0.116 e. The first kappa shape index (κ1) is 8.73. The molecular formula is C5H12B2N2. The van der Waals surface area contributed by atoms with Crippen LogP contribution in [0, 0.1) is 0 Å². The Morgan fingerprint density at radius 3 is 2.56 bits per heavy atom. The molecule has 0 N–H and O–H groups in total. The lowest BCUT2D eigenvalue weighted by Gasteiger charge is -1.90. The van der Waals surface area contributed by atoms with E-state index >= 15 is 0 Å². The van der Waals surface area contributed by atoms with Crippen LogP contribution < -0.4 is 0 Å². The van der Waals surface area contributed by atoms with Crippen LogP contribution in [0.5, 0.6) is 0 Å². The molecule has 0 spiro atoms. The third-order valence-corrected chi connectivity index (χ3v) is 0.793. The van der Waals surface area contributed by atoms with Crippen molar-refractivity contribution in [1.29, 1.82) is 0 Å². The minimum absolute atomic E-state index is 0.144. The Morgan fingerprint density at radius 2 is 2.11 bits per heavy atom. The fraction of sp³-hybridized carbons (Fsp3) is 1.00. The van der Waals surface area contributed by atoms with Crippen LogP contribution in [0.4, 0.5) is 0 Å². The van der Waals surface area contributed by atoms with Gasteiger partial charge in [0, 0.05) is 14.2 Å². The van der Waals surface area contributed by atoms with E-state index in [0.29, 0.717) is 6.44 Å². The van der Waals surface area contributed by atoms with Crippen molar-refractivity contribution in [2.24, 2.45) is 10.2 Å². The predicted octanol–water partition coefficient (Wildman–Crippen LogP) is 1.18. The molecule has 2 nitrogen and oxygen atoms in total. The molecule has 9 heavy (non-hydrogen) atoms. The second kappa shape index (κ2) is 5.86. The van der Waals surface area contributed by atoms with Gasteiger partial charge in [0.15, 0.2) is 0 Å². The van der Waals surface area contributed by atoms with Crippen molar-refractivity contribution in [2.45, 2.75) is 20.2 Å². The van der Waals surface area contributed by atoms with Crippen LogP contribution in [0.3, 0.4) is 0 Å². The first-order valence-electron chi connectivity index (χ1n) is 3.36. The molecule has 0 bridgehead atoms. The largest absolute Gasteiger partial charge is 0.203 e. The van der Waals surface area contributed by atoms with E-state index in [4.69, 9.17) is 7.74 Å². The summed E-state index contributed by atoms with van der Waals surface area (Å²) in [6, 6.07) is 0. The van der Waals surface area contributed by atoms with E-state index in [1.807, 2.05) is 6.82 Å². The zero-order valence-corrected chi connectivity index (χ0v) is 6.17. The molecule has 0 aliphatic heterocycles. The van der Waals surface area contributed by atoms with Crippen molar-refractivity contribution in [1.82, 2.24) is 0 Å². The van der Waals surface area contributed by atoms with Gasteiger partial charge in [0.2, 0.25) is 0 Å². The number of hydrogen-bond acceptors (Lipinski definition) is 2. The maximum absolute atomic E-state index is 5.42. The molecule has 0 rings (SSSR count). The first-order valence-corrected chi connectivity index (χ1v) is 3.36. The molecular weight excluding hydrogens is 110 g/mol. The van der Waals surface area contributed by atoms with Gasteiger partial charge in [-0.15, -0.1) is 0 Å². The second-order valence-corrected chi connectivity index (χ2v) is 2.17. The van der Waals surface area contributed by atoms with Crippen LogP contribution in [0.25, 0.3) is 0 Å². The van der Waals surface area contributed by atoms with Crippen LogP contribution in [-0.2, 0) is 0 Å². The first-order chi connectivity index (χ1) is 4.27. The summed E-state index contributed by atoms with van der Waals surface area (Å²) in [5.41, 5.74) is 0. The summed E-state index contributed by atoms with van der Waals surface area (Å²) in [5, 5.41) is 7.74. The van der Waals surface area contributed by atoms with Crippen LogP contribution in [0.1, 0.15) is 13.3 Å². The lowest BCUT2D eigenvalue weighted by molar-refractivity contribution is 0.854. The Morgan fingerprint density at radius 1 is 1.44 bits per heavy atom. The SMILES string of the molecule is [B]B(C)CN=NCCC. The molecule has 0 fully saturated rings. The third kappa shape index (κ3) is 7.73. The van der Waals surface area contributed by atoms with E-state index < -0.39 is 0 Å². The fourth-order valence-electron chi connectivity index (χ4n) is 0.357. The van der Waals surface area contributed by atoms with Gasteiger partial charge < -0.3 is 0 Å². The van der Waals surface area contributed by atoms with Crippen LogP contribution >= 0.6 is 0 Å². The molecule has 0 aromatic carbocycles. The molecule has 0 aromatic heterocycles. The second-order valence-electron chi connectivity index (χ2n) is 2.17. The summed E-state index contributed by atoms with van der Waals surface area (Å²) in [7, 11) is 5.42. The van der Waals surface area contributed by atoms with Gasteiger partial charge in [-0.05, 0) is 6.42 Å². The van der Waals surface area contributed by atoms with E-state index in [0.717, 1.165) is 13.0 Å². The van der Waals surface area contributed by atoms with Crippen molar-refractivity contribution in [3.05, 3.63) is 0 Å². The van der Waals surface area contributed by atoms with E-state index in [2.05, 4.69) is 17.2 Å². The Bertz CT molecular complexity index is 83.0. The highest BCUT2D eigenvalue weighted by Gasteiger charge is 1.92. The van der Waals surface area contributed by atoms with Gasteiger partial charge >= 0.3 is 0 Å². The minimum atomic E-state index is 0.144. The average Bonchev–Trinajstić information content (AvgIpc) is 1.80. The van der Waals surface area contributed by atoms with Gasteiger partial charge in [0.05, 0.1) is 6.54 Å². The molecule has 0 aliphatic rings. The highest BCUT2D eigenvalue weighted by Crippen LogP contribution is 1.81. The van der Waals surface area contributed by atoms with Crippen LogP contribution in [0.2, 0.25) is 6.82 Å². The van der Waals surface area contributed by atoms with Crippen molar-refractivity contribution in [3.8, 4) is 0 Å². The normalized spacial score (nSPS) is 10.4. The molecule has 0 amide bonds. The molecule has 48 valence electrons. The van der Waals surface area contributed by atoms with Crippen molar-refractivity contribution >= 4 is 14.3 Å². The standard InChI is InChI=1S/C5H12B2N2/c1-3-4-8-9-5-7(2)6/h3-5H2,1-2H3. The molecule has 0 atom stereocenters. The topological polar surface area (TPSA) is 24.7 Å². The highest BCUT2D eigenvalue weighted by molar-refractivity contribution is 7.02. The summed E-state index contributed by atoms with van der Waals surface area (Å²) < 4.78 is 0. The molecule has 0 aromatic rings. The van der Waals surface area contributed by atoms with Gasteiger partial charge in [0.1, 0.15) is 6.60 Å². The van der Waals surface area contributed by atoms with Crippen molar-refractivity contribution in [2.75, 3.05) is 13.0 Å². The van der Waals surface area contributed by atoms with Crippen molar-refractivity contribution < 1.29 is 0 Å². The van der Waals surface area contributed by atoms with Crippen LogP contribution in [-0.4, -0.2) is 27.3 Å². The van der Waals surface area contributed by atoms with E-state index in [9.17, 15) is 0 Å². The summed E-state index contributed by atoms with van der Waals surface area (Å²) in [4.78, 5) is 0. The Balaban J connectivity index is 3.04. The summed E-state index contributed by atoms with van der Waals surface area (Å²) in [6.45, 7) is 4.97. The zero-order valence-electron chi connectivity index (χ0n) is 6.17. The fourth-order valence-corrected chi connectivity index (χ4v) is 0.357. The lowest BCUT2D eigenvalue weighted by Crippen LogP contribution is -2.11. The van der Waals surface area contributed by atoms with Crippen LogP contribution in [0.15, 0.2) is 10.2 Å². The van der Waals surface area contributed by atoms with Gasteiger partial charge in [-0.25, -0.2) is 5.11 Å². The molecule has 2 radical (unpaired) electrons. The number of hydrogen-bond donors (Lipinski definition) is 0. The number of nitrogens with zero attached hydrogens (tertiary/aromatic N) is 2. The van der Waals surface area contributed by atoms with Gasteiger partial charge in [-0.1, -0.05) is 13.7 Å². The molecule has 0 saturated carbocycles. The Hall–Kier alpha value is -0.270. The Kier molecular flexibility index (Phi) is 5.68. The van der Waals surface area contributed by atoms with E-state index in [-0.39, 0.29) is 6.60 Å². The highest BCUT2D eigenvalue weighted by atomic mass is 15.1. The number of azo groups is 1. The van der Waals surface area contributed by atoms with E-state index in [1.54, 1.807) is 0 Å². The predicted molar refractivity (Wildman–Crippen MR) is 42.3 cm³/mol.